The van der Waals surface area contributed by atoms with Gasteiger partial charge >= 0.3 is 6.03 Å². The quantitative estimate of drug-likeness (QED) is 0.704. The molecule has 3 aromatic rings. The highest BCUT2D eigenvalue weighted by molar-refractivity contribution is 5.86. The zero-order valence-corrected chi connectivity index (χ0v) is 14.9. The van der Waals surface area contributed by atoms with E-state index in [4.69, 9.17) is 0 Å². The number of carbonyl (C=O) groups excluding carboxylic acids is 1. The van der Waals surface area contributed by atoms with Crippen LogP contribution in [-0.4, -0.2) is 29.2 Å². The summed E-state index contributed by atoms with van der Waals surface area (Å²) < 4.78 is 0. The summed E-state index contributed by atoms with van der Waals surface area (Å²) in [7, 11) is 0. The number of rotatable bonds is 6. The van der Waals surface area contributed by atoms with E-state index in [1.54, 1.807) is 4.90 Å². The molecule has 0 aliphatic rings. The molecule has 134 valence electrons. The third-order valence-corrected chi connectivity index (χ3v) is 4.50. The van der Waals surface area contributed by atoms with Gasteiger partial charge in [-0.3, -0.25) is 0 Å². The lowest BCUT2D eigenvalue weighted by molar-refractivity contribution is 0.171. The van der Waals surface area contributed by atoms with Gasteiger partial charge in [0.25, 0.3) is 0 Å². The van der Waals surface area contributed by atoms with E-state index in [-0.39, 0.29) is 18.7 Å². The van der Waals surface area contributed by atoms with Crippen molar-refractivity contribution >= 4 is 16.8 Å². The maximum Gasteiger partial charge on any atom is 0.318 e. The van der Waals surface area contributed by atoms with Gasteiger partial charge in [-0.15, -0.1) is 0 Å². The largest absolute Gasteiger partial charge is 0.395 e. The average molecular weight is 348 g/mol. The van der Waals surface area contributed by atoms with E-state index in [1.165, 1.54) is 0 Å². The highest BCUT2D eigenvalue weighted by Crippen LogP contribution is 2.24. The average Bonchev–Trinajstić information content (AvgIpc) is 2.68. The Bertz CT molecular complexity index is 859. The van der Waals surface area contributed by atoms with E-state index < -0.39 is 0 Å². The molecule has 0 radical (unpaired) electrons. The molecule has 4 nitrogen and oxygen atoms in total. The van der Waals surface area contributed by atoms with Crippen LogP contribution in [0.3, 0.4) is 0 Å². The normalized spacial score (nSPS) is 11.9. The molecule has 0 fully saturated rings. The molecule has 3 aromatic carbocycles. The Labute approximate surface area is 154 Å². The van der Waals surface area contributed by atoms with E-state index in [1.807, 2.05) is 61.5 Å². The van der Waals surface area contributed by atoms with Crippen LogP contribution in [0.4, 0.5) is 4.79 Å². The number of benzene rings is 3. The number of aliphatic hydroxyl groups excluding tert-OH is 1. The predicted octanol–water partition coefficient (Wildman–Crippen LogP) is 4.10. The Kier molecular flexibility index (Phi) is 5.87. The number of nitrogens with zero attached hydrogens (tertiary/aromatic N) is 1. The van der Waals surface area contributed by atoms with Crippen LogP contribution in [0.2, 0.25) is 0 Å². The van der Waals surface area contributed by atoms with Crippen molar-refractivity contribution in [3.8, 4) is 0 Å². The smallest absolute Gasteiger partial charge is 0.318 e. The summed E-state index contributed by atoms with van der Waals surface area (Å²) in [4.78, 5) is 14.4. The number of amides is 2. The van der Waals surface area contributed by atoms with Gasteiger partial charge in [0.05, 0.1) is 12.6 Å². The second kappa shape index (κ2) is 8.50. The molecule has 2 amide bonds. The van der Waals surface area contributed by atoms with E-state index >= 15 is 0 Å². The van der Waals surface area contributed by atoms with Gasteiger partial charge in [0, 0.05) is 13.1 Å². The fourth-order valence-corrected chi connectivity index (χ4v) is 3.16. The first kappa shape index (κ1) is 18.0. The summed E-state index contributed by atoms with van der Waals surface area (Å²) >= 11 is 0. The summed E-state index contributed by atoms with van der Waals surface area (Å²) in [6.07, 6.45) is 0. The molecule has 0 saturated heterocycles. The molecule has 3 rings (SSSR count). The molecule has 0 aliphatic heterocycles. The van der Waals surface area contributed by atoms with Crippen LogP contribution in [0.1, 0.15) is 24.1 Å². The monoisotopic (exact) mass is 348 g/mol. The molecule has 0 aromatic heterocycles. The summed E-state index contributed by atoms with van der Waals surface area (Å²) in [6.45, 7) is 2.68. The number of nitrogens with one attached hydrogen (secondary N) is 1. The molecule has 0 spiro atoms. The van der Waals surface area contributed by atoms with Crippen molar-refractivity contribution in [2.75, 3.05) is 13.2 Å². The zero-order valence-electron chi connectivity index (χ0n) is 14.9. The minimum atomic E-state index is -0.177. The van der Waals surface area contributed by atoms with Crippen molar-refractivity contribution in [2.45, 2.75) is 19.5 Å². The molecule has 0 saturated carbocycles. The van der Waals surface area contributed by atoms with Gasteiger partial charge in [0.1, 0.15) is 0 Å². The molecule has 26 heavy (non-hydrogen) atoms. The third-order valence-electron chi connectivity index (χ3n) is 4.50. The van der Waals surface area contributed by atoms with Crippen LogP contribution in [0.15, 0.2) is 72.8 Å². The number of hydrogen-bond donors (Lipinski definition) is 2. The summed E-state index contributed by atoms with van der Waals surface area (Å²) in [5, 5.41) is 14.7. The highest BCUT2D eigenvalue weighted by atomic mass is 16.3. The van der Waals surface area contributed by atoms with Gasteiger partial charge in [0.2, 0.25) is 0 Å². The predicted molar refractivity (Wildman–Crippen MR) is 105 cm³/mol. The van der Waals surface area contributed by atoms with Crippen LogP contribution < -0.4 is 5.32 Å². The number of fused-ring (bicyclic) bond motifs is 1. The molecule has 0 aliphatic carbocycles. The Morgan fingerprint density at radius 2 is 1.69 bits per heavy atom. The van der Waals surface area contributed by atoms with Gasteiger partial charge in [-0.2, -0.15) is 0 Å². The fourth-order valence-electron chi connectivity index (χ4n) is 3.16. The summed E-state index contributed by atoms with van der Waals surface area (Å²) in [6, 6.07) is 23.8. The van der Waals surface area contributed by atoms with E-state index in [9.17, 15) is 9.90 Å². The summed E-state index contributed by atoms with van der Waals surface area (Å²) in [5.74, 6) is 0. The van der Waals surface area contributed by atoms with E-state index in [0.717, 1.165) is 21.9 Å². The lowest BCUT2D eigenvalue weighted by Crippen LogP contribution is -2.42. The minimum absolute atomic E-state index is 0.0666. The first-order valence-corrected chi connectivity index (χ1v) is 8.87. The maximum atomic E-state index is 12.8. The van der Waals surface area contributed by atoms with Crippen molar-refractivity contribution < 1.29 is 9.90 Å². The van der Waals surface area contributed by atoms with Crippen LogP contribution >= 0.6 is 0 Å². The molecular weight excluding hydrogens is 324 g/mol. The zero-order chi connectivity index (χ0) is 18.4. The minimum Gasteiger partial charge on any atom is -0.395 e. The molecule has 0 heterocycles. The lowest BCUT2D eigenvalue weighted by Gasteiger charge is -2.25. The van der Waals surface area contributed by atoms with E-state index in [2.05, 4.69) is 23.5 Å². The number of aliphatic hydroxyl groups is 1. The van der Waals surface area contributed by atoms with Crippen LogP contribution in [0.5, 0.6) is 0 Å². The topological polar surface area (TPSA) is 52.6 Å². The SMILES string of the molecule is CC(NC(=O)N(CCO)Cc1ccccc1)c1cccc2ccccc12. The van der Waals surface area contributed by atoms with Crippen molar-refractivity contribution in [3.05, 3.63) is 83.9 Å². The molecule has 2 N–H and O–H groups in total. The molecule has 1 unspecified atom stereocenters. The van der Waals surface area contributed by atoms with Crippen LogP contribution in [0.25, 0.3) is 10.8 Å². The van der Waals surface area contributed by atoms with Gasteiger partial charge in [-0.1, -0.05) is 72.8 Å². The number of hydrogen-bond acceptors (Lipinski definition) is 2. The van der Waals surface area contributed by atoms with Crippen LogP contribution in [0, 0.1) is 0 Å². The first-order chi connectivity index (χ1) is 12.7. The standard InChI is InChI=1S/C22H24N2O2/c1-17(20-13-7-11-19-10-5-6-12-21(19)20)23-22(26)24(14-15-25)16-18-8-3-2-4-9-18/h2-13,17,25H,14-16H2,1H3,(H,23,26). The Hall–Kier alpha value is -2.85. The number of carbonyl (C=O) groups is 1. The molecule has 1 atom stereocenters. The Morgan fingerprint density at radius 1 is 1.00 bits per heavy atom. The Morgan fingerprint density at radius 3 is 2.46 bits per heavy atom. The van der Waals surface area contributed by atoms with Crippen molar-refractivity contribution in [2.24, 2.45) is 0 Å². The molecule has 0 bridgehead atoms. The van der Waals surface area contributed by atoms with Gasteiger partial charge in [0.15, 0.2) is 0 Å². The second-order valence-corrected chi connectivity index (χ2v) is 6.37. The van der Waals surface area contributed by atoms with Crippen LogP contribution in [-0.2, 0) is 6.54 Å². The Balaban J connectivity index is 1.75. The maximum absolute atomic E-state index is 12.8. The highest BCUT2D eigenvalue weighted by Gasteiger charge is 2.17. The fraction of sp³-hybridized carbons (Fsp3) is 0.227. The summed E-state index contributed by atoms with van der Waals surface area (Å²) in [5.41, 5.74) is 2.12. The van der Waals surface area contributed by atoms with Gasteiger partial charge in [-0.05, 0) is 28.8 Å². The third kappa shape index (κ3) is 4.21. The van der Waals surface area contributed by atoms with Crippen molar-refractivity contribution in [1.82, 2.24) is 10.2 Å². The first-order valence-electron chi connectivity index (χ1n) is 8.87. The molecular formula is C22H24N2O2. The lowest BCUT2D eigenvalue weighted by atomic mass is 10.00. The van der Waals surface area contributed by atoms with Gasteiger partial charge in [-0.25, -0.2) is 4.79 Å². The van der Waals surface area contributed by atoms with E-state index in [0.29, 0.717) is 13.1 Å². The van der Waals surface area contributed by atoms with Gasteiger partial charge < -0.3 is 15.3 Å². The van der Waals surface area contributed by atoms with Crippen molar-refractivity contribution in [3.63, 3.8) is 0 Å². The number of urea groups is 1. The van der Waals surface area contributed by atoms with Crippen molar-refractivity contribution in [1.29, 1.82) is 0 Å². The second-order valence-electron chi connectivity index (χ2n) is 6.37. The molecule has 4 heteroatoms.